The normalized spacial score (nSPS) is 12.8. The van der Waals surface area contributed by atoms with Crippen molar-refractivity contribution < 1.29 is 9.13 Å². The Hall–Kier alpha value is -2.29. The van der Waals surface area contributed by atoms with Gasteiger partial charge >= 0.3 is 0 Å². The minimum Gasteiger partial charge on any atom is -0.486 e. The lowest BCUT2D eigenvalue weighted by Crippen LogP contribution is -2.42. The first-order valence-electron chi connectivity index (χ1n) is 10.3. The molecule has 0 aliphatic carbocycles. The largest absolute Gasteiger partial charge is 0.486 e. The maximum absolute atomic E-state index is 13.7. The van der Waals surface area contributed by atoms with E-state index in [2.05, 4.69) is 44.2 Å². The summed E-state index contributed by atoms with van der Waals surface area (Å²) in [7, 11) is 1.72. The number of nitrogens with one attached hydrogen (secondary N) is 2. The number of rotatable bonds is 11. The lowest BCUT2D eigenvalue weighted by molar-refractivity contribution is 0.214. The lowest BCUT2D eigenvalue weighted by Gasteiger charge is -2.18. The average molecular weight is 437 g/mol. The summed E-state index contributed by atoms with van der Waals surface area (Å²) in [6, 6.07) is 6.41. The third-order valence-electron chi connectivity index (χ3n) is 4.34. The van der Waals surface area contributed by atoms with Crippen LogP contribution in [0.5, 0.6) is 5.75 Å². The number of nitrogens with zero attached hydrogens (tertiary/aromatic N) is 4. The topological polar surface area (TPSA) is 76.4 Å². The maximum atomic E-state index is 13.7. The molecule has 0 bridgehead atoms. The number of aliphatic imine (C=N–C) groups is 1. The molecule has 0 radical (unpaired) electrons. The summed E-state index contributed by atoms with van der Waals surface area (Å²) >= 11 is 1.63. The van der Waals surface area contributed by atoms with Crippen LogP contribution in [0, 0.1) is 11.7 Å². The summed E-state index contributed by atoms with van der Waals surface area (Å²) in [6.07, 6.45) is 3.57. The van der Waals surface area contributed by atoms with Crippen molar-refractivity contribution in [3.63, 3.8) is 0 Å². The average Bonchev–Trinajstić information content (AvgIpc) is 3.10. The quantitative estimate of drug-likeness (QED) is 0.243. The van der Waals surface area contributed by atoms with Gasteiger partial charge < -0.3 is 19.9 Å². The zero-order chi connectivity index (χ0) is 21.9. The molecule has 0 fully saturated rings. The monoisotopic (exact) mass is 436 g/mol. The molecule has 1 heterocycles. The first kappa shape index (κ1) is 24.0. The van der Waals surface area contributed by atoms with Crippen molar-refractivity contribution in [1.29, 1.82) is 0 Å². The van der Waals surface area contributed by atoms with Gasteiger partial charge in [-0.05, 0) is 37.7 Å². The second kappa shape index (κ2) is 12.4. The molecule has 0 spiro atoms. The minimum atomic E-state index is -0.359. The highest BCUT2D eigenvalue weighted by Crippen LogP contribution is 2.17. The van der Waals surface area contributed by atoms with Crippen molar-refractivity contribution in [2.75, 3.05) is 26.4 Å². The molecular formula is C21H33FN6OS. The van der Waals surface area contributed by atoms with Gasteiger partial charge in [0.15, 0.2) is 22.7 Å². The van der Waals surface area contributed by atoms with Crippen LogP contribution < -0.4 is 15.4 Å². The highest BCUT2D eigenvalue weighted by molar-refractivity contribution is 7.98. The molecule has 0 aliphatic rings. The van der Waals surface area contributed by atoms with E-state index in [-0.39, 0.29) is 17.7 Å². The van der Waals surface area contributed by atoms with E-state index in [9.17, 15) is 4.39 Å². The SMILES string of the molecule is CN=C(NCCCc1nnc(SC)n1CC(C)C)NCC(C)Oc1ccccc1F. The van der Waals surface area contributed by atoms with Gasteiger partial charge in [0.1, 0.15) is 11.9 Å². The summed E-state index contributed by atoms with van der Waals surface area (Å²) in [4.78, 5) is 4.23. The number of hydrogen-bond donors (Lipinski definition) is 2. The Morgan fingerprint density at radius 3 is 2.67 bits per heavy atom. The fraction of sp³-hybridized carbons (Fsp3) is 0.571. The number of halogens is 1. The maximum Gasteiger partial charge on any atom is 0.191 e. The van der Waals surface area contributed by atoms with Gasteiger partial charge in [0, 0.05) is 26.6 Å². The smallest absolute Gasteiger partial charge is 0.191 e. The van der Waals surface area contributed by atoms with E-state index >= 15 is 0 Å². The summed E-state index contributed by atoms with van der Waals surface area (Å²) in [5.41, 5.74) is 0. The van der Waals surface area contributed by atoms with E-state index in [0.29, 0.717) is 18.4 Å². The standard InChI is InChI=1S/C21H33FN6OS/c1-15(2)14-28-19(26-27-21(28)30-5)11-8-12-24-20(23-4)25-13-16(3)29-18-10-7-6-9-17(18)22/h6-7,9-10,15-16H,8,11-14H2,1-5H3,(H2,23,24,25). The predicted octanol–water partition coefficient (Wildman–Crippen LogP) is 3.36. The van der Waals surface area contributed by atoms with Crippen LogP contribution in [0.4, 0.5) is 4.39 Å². The summed E-state index contributed by atoms with van der Waals surface area (Å²) in [6.45, 7) is 8.47. The molecule has 0 aliphatic heterocycles. The fourth-order valence-corrected chi connectivity index (χ4v) is 3.44. The molecule has 2 N–H and O–H groups in total. The van der Waals surface area contributed by atoms with E-state index in [1.54, 1.807) is 37.0 Å². The van der Waals surface area contributed by atoms with E-state index in [1.807, 2.05) is 13.2 Å². The minimum absolute atomic E-state index is 0.208. The van der Waals surface area contributed by atoms with Gasteiger partial charge in [0.25, 0.3) is 0 Å². The van der Waals surface area contributed by atoms with Gasteiger partial charge in [-0.15, -0.1) is 10.2 Å². The number of aryl methyl sites for hydroxylation is 1. The van der Waals surface area contributed by atoms with Crippen molar-refractivity contribution in [2.45, 2.75) is 51.4 Å². The highest BCUT2D eigenvalue weighted by Gasteiger charge is 2.13. The Morgan fingerprint density at radius 2 is 2.00 bits per heavy atom. The van der Waals surface area contributed by atoms with Crippen LogP contribution >= 0.6 is 11.8 Å². The van der Waals surface area contributed by atoms with Gasteiger partial charge in [-0.25, -0.2) is 4.39 Å². The molecule has 7 nitrogen and oxygen atoms in total. The third-order valence-corrected chi connectivity index (χ3v) is 5.01. The van der Waals surface area contributed by atoms with E-state index in [0.717, 1.165) is 36.9 Å². The summed E-state index contributed by atoms with van der Waals surface area (Å²) in [5.74, 6) is 2.14. The van der Waals surface area contributed by atoms with Crippen molar-refractivity contribution >= 4 is 17.7 Å². The molecule has 2 rings (SSSR count). The Labute approximate surface area is 182 Å². The molecule has 1 aromatic carbocycles. The second-order valence-electron chi connectivity index (χ2n) is 7.45. The molecular weight excluding hydrogens is 403 g/mol. The summed E-state index contributed by atoms with van der Waals surface area (Å²) in [5, 5.41) is 16.1. The molecule has 1 aromatic heterocycles. The summed E-state index contributed by atoms with van der Waals surface area (Å²) < 4.78 is 21.5. The number of thioether (sulfide) groups is 1. The number of aromatic nitrogens is 3. The Bertz CT molecular complexity index is 811. The van der Waals surface area contributed by atoms with Crippen molar-refractivity contribution in [1.82, 2.24) is 25.4 Å². The Kier molecular flexibility index (Phi) is 9.93. The highest BCUT2D eigenvalue weighted by atomic mass is 32.2. The van der Waals surface area contributed by atoms with Crippen molar-refractivity contribution in [3.8, 4) is 5.75 Å². The van der Waals surface area contributed by atoms with E-state index < -0.39 is 0 Å². The number of benzene rings is 1. The van der Waals surface area contributed by atoms with Gasteiger partial charge in [-0.1, -0.05) is 37.7 Å². The van der Waals surface area contributed by atoms with Crippen LogP contribution in [-0.4, -0.2) is 53.2 Å². The van der Waals surface area contributed by atoms with Crippen molar-refractivity contribution in [3.05, 3.63) is 35.9 Å². The van der Waals surface area contributed by atoms with Crippen LogP contribution in [-0.2, 0) is 13.0 Å². The first-order valence-corrected chi connectivity index (χ1v) is 11.5. The first-order chi connectivity index (χ1) is 14.4. The lowest BCUT2D eigenvalue weighted by atomic mass is 10.2. The third kappa shape index (κ3) is 7.51. The van der Waals surface area contributed by atoms with Gasteiger partial charge in [0.2, 0.25) is 0 Å². The molecule has 0 amide bonds. The number of hydrogen-bond acceptors (Lipinski definition) is 5. The second-order valence-corrected chi connectivity index (χ2v) is 8.22. The van der Waals surface area contributed by atoms with Crippen LogP contribution in [0.1, 0.15) is 33.0 Å². The zero-order valence-electron chi connectivity index (χ0n) is 18.5. The number of guanidine groups is 1. The van der Waals surface area contributed by atoms with Gasteiger partial charge in [-0.3, -0.25) is 4.99 Å². The Morgan fingerprint density at radius 1 is 1.23 bits per heavy atom. The molecule has 0 saturated heterocycles. The zero-order valence-corrected chi connectivity index (χ0v) is 19.3. The van der Waals surface area contributed by atoms with E-state index in [4.69, 9.17) is 4.74 Å². The van der Waals surface area contributed by atoms with Crippen LogP contribution in [0.2, 0.25) is 0 Å². The number of para-hydroxylation sites is 1. The van der Waals surface area contributed by atoms with E-state index in [1.165, 1.54) is 6.07 Å². The number of ether oxygens (including phenoxy) is 1. The Balaban J connectivity index is 1.75. The molecule has 2 aromatic rings. The van der Waals surface area contributed by atoms with Gasteiger partial charge in [-0.2, -0.15) is 0 Å². The van der Waals surface area contributed by atoms with Gasteiger partial charge in [0.05, 0.1) is 6.54 Å². The molecule has 1 atom stereocenters. The molecule has 30 heavy (non-hydrogen) atoms. The molecule has 0 saturated carbocycles. The molecule has 1 unspecified atom stereocenters. The van der Waals surface area contributed by atoms with Crippen LogP contribution in [0.3, 0.4) is 0 Å². The van der Waals surface area contributed by atoms with Crippen molar-refractivity contribution in [2.24, 2.45) is 10.9 Å². The van der Waals surface area contributed by atoms with Crippen LogP contribution in [0.15, 0.2) is 34.4 Å². The fourth-order valence-electron chi connectivity index (χ4n) is 2.92. The van der Waals surface area contributed by atoms with Crippen LogP contribution in [0.25, 0.3) is 0 Å². The molecule has 166 valence electrons. The molecule has 9 heteroatoms. The predicted molar refractivity (Wildman–Crippen MR) is 121 cm³/mol.